The Morgan fingerprint density at radius 2 is 2.29 bits per heavy atom. The van der Waals surface area contributed by atoms with E-state index in [-0.39, 0.29) is 0 Å². The lowest BCUT2D eigenvalue weighted by molar-refractivity contribution is 0.592. The first kappa shape index (κ1) is 5.78. The van der Waals surface area contributed by atoms with Gasteiger partial charge in [0, 0.05) is 6.04 Å². The largest absolute Gasteiger partial charge is 0.254 e. The molecule has 0 bridgehead atoms. The summed E-state index contributed by atoms with van der Waals surface area (Å²) in [6.45, 7) is 2.17. The summed E-state index contributed by atoms with van der Waals surface area (Å²) in [5.74, 6) is 0. The van der Waals surface area contributed by atoms with Crippen LogP contribution in [0.5, 0.6) is 0 Å². The van der Waals surface area contributed by atoms with Gasteiger partial charge in [-0.3, -0.25) is 5.43 Å². The minimum atomic E-state index is 0.632. The van der Waals surface area contributed by atoms with E-state index in [9.17, 15) is 0 Å². The molecule has 0 aromatic heterocycles. The maximum absolute atomic E-state index is 3.11. The van der Waals surface area contributed by atoms with E-state index in [0.717, 1.165) is 0 Å². The molecule has 2 nitrogen and oxygen atoms in total. The molecular weight excluding hydrogens is 203 g/mol. The van der Waals surface area contributed by atoms with Gasteiger partial charge in [0.1, 0.15) is 0 Å². The second kappa shape index (κ2) is 2.28. The molecule has 1 heterocycles. The Kier molecular flexibility index (Phi) is 1.88. The predicted octanol–water partition coefficient (Wildman–Crippen LogP) is 0.634. The van der Waals surface area contributed by atoms with Crippen LogP contribution < -0.4 is 10.9 Å². The smallest absolute Gasteiger partial charge is 0.0742 e. The van der Waals surface area contributed by atoms with Gasteiger partial charge in [-0.15, -0.1) is 0 Å². The van der Waals surface area contributed by atoms with Gasteiger partial charge in [-0.1, -0.05) is 22.6 Å². The number of alkyl halides is 1. The van der Waals surface area contributed by atoms with Crippen molar-refractivity contribution >= 4 is 22.6 Å². The molecule has 0 saturated carbocycles. The average molecular weight is 212 g/mol. The summed E-state index contributed by atoms with van der Waals surface area (Å²) in [4.78, 5) is 0. The van der Waals surface area contributed by atoms with Crippen LogP contribution in [0, 0.1) is 0 Å². The second-order valence-electron chi connectivity index (χ2n) is 1.89. The van der Waals surface area contributed by atoms with E-state index >= 15 is 0 Å². The predicted molar refractivity (Wildman–Crippen MR) is 38.2 cm³/mol. The van der Waals surface area contributed by atoms with Crippen LogP contribution in [0.1, 0.15) is 13.3 Å². The van der Waals surface area contributed by atoms with Crippen LogP contribution in [0.3, 0.4) is 0 Å². The van der Waals surface area contributed by atoms with Crippen molar-refractivity contribution in [1.29, 1.82) is 0 Å². The summed E-state index contributed by atoms with van der Waals surface area (Å²) < 4.78 is 0.632. The molecule has 1 fully saturated rings. The minimum absolute atomic E-state index is 0.632. The van der Waals surface area contributed by atoms with Crippen molar-refractivity contribution in [2.75, 3.05) is 0 Å². The highest BCUT2D eigenvalue weighted by atomic mass is 127. The molecule has 1 saturated heterocycles. The van der Waals surface area contributed by atoms with Crippen LogP contribution in [0.2, 0.25) is 0 Å². The van der Waals surface area contributed by atoms with Gasteiger partial charge < -0.3 is 0 Å². The molecule has 1 aliphatic heterocycles. The zero-order valence-electron chi connectivity index (χ0n) is 4.24. The summed E-state index contributed by atoms with van der Waals surface area (Å²) in [7, 11) is 0. The number of nitrogens with one attached hydrogen (secondary N) is 2. The lowest BCUT2D eigenvalue weighted by atomic mass is 10.3. The van der Waals surface area contributed by atoms with Gasteiger partial charge >= 0.3 is 0 Å². The van der Waals surface area contributed by atoms with Gasteiger partial charge in [-0.05, 0) is 13.3 Å². The zero-order chi connectivity index (χ0) is 5.28. The molecule has 3 heteroatoms. The minimum Gasteiger partial charge on any atom is -0.254 e. The third-order valence-electron chi connectivity index (χ3n) is 1.05. The summed E-state index contributed by atoms with van der Waals surface area (Å²) in [6, 6.07) is 0.655. The fourth-order valence-corrected chi connectivity index (χ4v) is 1.60. The topological polar surface area (TPSA) is 24.1 Å². The molecular formula is C4H9IN2. The van der Waals surface area contributed by atoms with Crippen molar-refractivity contribution in [2.45, 2.75) is 23.4 Å². The SMILES string of the molecule is CC1CC(I)NN1. The Balaban J connectivity index is 2.26. The van der Waals surface area contributed by atoms with E-state index in [0.29, 0.717) is 10.1 Å². The van der Waals surface area contributed by atoms with E-state index in [4.69, 9.17) is 0 Å². The quantitative estimate of drug-likeness (QED) is 0.349. The lowest BCUT2D eigenvalue weighted by Gasteiger charge is -1.94. The molecule has 7 heavy (non-hydrogen) atoms. The van der Waals surface area contributed by atoms with Crippen LogP contribution in [-0.2, 0) is 0 Å². The van der Waals surface area contributed by atoms with Crippen LogP contribution in [0.4, 0.5) is 0 Å². The average Bonchev–Trinajstić information content (AvgIpc) is 1.87. The van der Waals surface area contributed by atoms with E-state index in [1.807, 2.05) is 0 Å². The second-order valence-corrected chi connectivity index (χ2v) is 3.40. The highest BCUT2D eigenvalue weighted by molar-refractivity contribution is 14.1. The summed E-state index contributed by atoms with van der Waals surface area (Å²) in [5.41, 5.74) is 6.22. The third-order valence-corrected chi connectivity index (χ3v) is 1.87. The molecule has 0 aromatic rings. The van der Waals surface area contributed by atoms with Crippen LogP contribution in [0.25, 0.3) is 0 Å². The van der Waals surface area contributed by atoms with Gasteiger partial charge in [0.2, 0.25) is 0 Å². The van der Waals surface area contributed by atoms with E-state index < -0.39 is 0 Å². The standard InChI is InChI=1S/C4H9IN2/c1-3-2-4(5)7-6-3/h3-4,6-7H,2H2,1H3. The van der Waals surface area contributed by atoms with Crippen molar-refractivity contribution in [1.82, 2.24) is 10.9 Å². The van der Waals surface area contributed by atoms with Crippen molar-refractivity contribution in [2.24, 2.45) is 0 Å². The maximum atomic E-state index is 3.11. The van der Waals surface area contributed by atoms with Gasteiger partial charge in [0.05, 0.1) is 4.05 Å². The Hall–Kier alpha value is 0.650. The lowest BCUT2D eigenvalue weighted by Crippen LogP contribution is -2.29. The van der Waals surface area contributed by atoms with E-state index in [2.05, 4.69) is 40.4 Å². The Bertz CT molecular complexity index is 58.7. The fourth-order valence-electron chi connectivity index (χ4n) is 0.661. The maximum Gasteiger partial charge on any atom is 0.0742 e. The molecule has 42 valence electrons. The number of halogens is 1. The van der Waals surface area contributed by atoms with E-state index in [1.54, 1.807) is 0 Å². The number of hydrogen-bond donors (Lipinski definition) is 2. The normalized spacial score (nSPS) is 42.0. The molecule has 0 aromatic carbocycles. The molecule has 0 amide bonds. The van der Waals surface area contributed by atoms with Crippen molar-refractivity contribution < 1.29 is 0 Å². The molecule has 1 rings (SSSR count). The van der Waals surface area contributed by atoms with Crippen molar-refractivity contribution in [3.8, 4) is 0 Å². The molecule has 0 spiro atoms. The van der Waals surface area contributed by atoms with Crippen molar-refractivity contribution in [3.05, 3.63) is 0 Å². The van der Waals surface area contributed by atoms with Gasteiger partial charge in [-0.2, -0.15) is 0 Å². The van der Waals surface area contributed by atoms with Gasteiger partial charge in [0.25, 0.3) is 0 Å². The van der Waals surface area contributed by atoms with Crippen LogP contribution >= 0.6 is 22.6 Å². The van der Waals surface area contributed by atoms with Gasteiger partial charge in [0.15, 0.2) is 0 Å². The molecule has 0 radical (unpaired) electrons. The first-order valence-electron chi connectivity index (χ1n) is 2.44. The van der Waals surface area contributed by atoms with Crippen LogP contribution in [0.15, 0.2) is 0 Å². The molecule has 2 unspecified atom stereocenters. The highest BCUT2D eigenvalue weighted by Crippen LogP contribution is 2.08. The van der Waals surface area contributed by atoms with Gasteiger partial charge in [-0.25, -0.2) is 5.43 Å². The Morgan fingerprint density at radius 1 is 1.57 bits per heavy atom. The fraction of sp³-hybridized carbons (Fsp3) is 1.00. The molecule has 2 N–H and O–H groups in total. The summed E-state index contributed by atoms with van der Waals surface area (Å²) >= 11 is 2.37. The highest BCUT2D eigenvalue weighted by Gasteiger charge is 2.15. The summed E-state index contributed by atoms with van der Waals surface area (Å²) in [5, 5.41) is 0. The summed E-state index contributed by atoms with van der Waals surface area (Å²) in [6.07, 6.45) is 1.24. The van der Waals surface area contributed by atoms with Crippen LogP contribution in [-0.4, -0.2) is 10.1 Å². The number of hydrazine groups is 1. The first-order valence-corrected chi connectivity index (χ1v) is 3.69. The zero-order valence-corrected chi connectivity index (χ0v) is 6.40. The third kappa shape index (κ3) is 1.54. The molecule has 0 aliphatic carbocycles. The number of hydrogen-bond acceptors (Lipinski definition) is 2. The molecule has 1 aliphatic rings. The van der Waals surface area contributed by atoms with E-state index in [1.165, 1.54) is 6.42 Å². The first-order chi connectivity index (χ1) is 3.29. The monoisotopic (exact) mass is 212 g/mol. The van der Waals surface area contributed by atoms with Crippen molar-refractivity contribution in [3.63, 3.8) is 0 Å². The Morgan fingerprint density at radius 3 is 2.43 bits per heavy atom. The number of rotatable bonds is 0. The Labute approximate surface area is 57.2 Å². The molecule has 2 atom stereocenters.